The molecule has 0 aliphatic carbocycles. The average molecular weight is 605 g/mol. The SMILES string of the molecule is CCOC(=O)C1=C(C)N=c2s/c(=C\c3ccc(OCc4ccc(Cl)cc4)c(OC)c3)c(=O)n2[C@@H]1c1ccc(OC)cc1. The number of methoxy groups -OCH3 is 2. The first-order valence-electron chi connectivity index (χ1n) is 13.2. The number of hydrogen-bond donors (Lipinski definition) is 0. The van der Waals surface area contributed by atoms with Gasteiger partial charge >= 0.3 is 5.97 Å². The number of halogens is 1. The van der Waals surface area contributed by atoms with Crippen LogP contribution in [-0.4, -0.2) is 31.4 Å². The predicted molar refractivity (Wildman–Crippen MR) is 162 cm³/mol. The van der Waals surface area contributed by atoms with Crippen LogP contribution < -0.4 is 29.1 Å². The summed E-state index contributed by atoms with van der Waals surface area (Å²) in [4.78, 5) is 32.1. The van der Waals surface area contributed by atoms with Gasteiger partial charge < -0.3 is 18.9 Å². The summed E-state index contributed by atoms with van der Waals surface area (Å²) < 4.78 is 24.2. The summed E-state index contributed by atoms with van der Waals surface area (Å²) in [6, 6.07) is 19.5. The quantitative estimate of drug-likeness (QED) is 0.249. The molecule has 0 radical (unpaired) electrons. The highest BCUT2D eigenvalue weighted by molar-refractivity contribution is 7.07. The first-order valence-corrected chi connectivity index (χ1v) is 14.4. The van der Waals surface area contributed by atoms with Gasteiger partial charge in [0.15, 0.2) is 16.3 Å². The minimum absolute atomic E-state index is 0.205. The van der Waals surface area contributed by atoms with Crippen molar-refractivity contribution < 1.29 is 23.7 Å². The van der Waals surface area contributed by atoms with Crippen molar-refractivity contribution in [1.82, 2.24) is 4.57 Å². The van der Waals surface area contributed by atoms with Crippen molar-refractivity contribution in [3.05, 3.63) is 119 Å². The molecule has 0 spiro atoms. The number of carbonyl (C=O) groups is 1. The molecule has 4 aromatic rings. The lowest BCUT2D eigenvalue weighted by Gasteiger charge is -2.24. The van der Waals surface area contributed by atoms with Gasteiger partial charge in [0.25, 0.3) is 5.56 Å². The molecular formula is C32H29ClN2O6S. The number of hydrogen-bond acceptors (Lipinski definition) is 8. The number of allylic oxidation sites excluding steroid dienone is 1. The third kappa shape index (κ3) is 5.98. The van der Waals surface area contributed by atoms with Gasteiger partial charge in [-0.1, -0.05) is 53.3 Å². The van der Waals surface area contributed by atoms with Gasteiger partial charge in [-0.15, -0.1) is 0 Å². The van der Waals surface area contributed by atoms with Gasteiger partial charge in [-0.3, -0.25) is 9.36 Å². The van der Waals surface area contributed by atoms with E-state index >= 15 is 0 Å². The van der Waals surface area contributed by atoms with Crippen molar-refractivity contribution in [3.8, 4) is 17.2 Å². The third-order valence-electron chi connectivity index (χ3n) is 6.74. The van der Waals surface area contributed by atoms with E-state index in [2.05, 4.69) is 4.99 Å². The number of carbonyl (C=O) groups excluding carboxylic acids is 1. The second-order valence-electron chi connectivity index (χ2n) is 9.40. The van der Waals surface area contributed by atoms with Crippen LogP contribution in [0.25, 0.3) is 6.08 Å². The van der Waals surface area contributed by atoms with Crippen LogP contribution in [0.2, 0.25) is 5.02 Å². The molecule has 0 N–H and O–H groups in total. The van der Waals surface area contributed by atoms with Crippen LogP contribution in [0, 0.1) is 0 Å². The molecule has 0 amide bonds. The van der Waals surface area contributed by atoms with Crippen molar-refractivity contribution >= 4 is 35.0 Å². The molecule has 3 aromatic carbocycles. The lowest BCUT2D eigenvalue weighted by Crippen LogP contribution is -2.39. The van der Waals surface area contributed by atoms with E-state index in [-0.39, 0.29) is 12.2 Å². The van der Waals surface area contributed by atoms with Crippen LogP contribution in [0.1, 0.15) is 36.6 Å². The Morgan fingerprint density at radius 2 is 1.76 bits per heavy atom. The molecular weight excluding hydrogens is 576 g/mol. The molecule has 1 aliphatic heterocycles. The highest BCUT2D eigenvalue weighted by atomic mass is 35.5. The maximum atomic E-state index is 13.9. The number of fused-ring (bicyclic) bond motifs is 1. The van der Waals surface area contributed by atoms with Gasteiger partial charge in [0.1, 0.15) is 12.4 Å². The van der Waals surface area contributed by atoms with Crippen molar-refractivity contribution in [1.29, 1.82) is 0 Å². The van der Waals surface area contributed by atoms with Crippen LogP contribution in [0.5, 0.6) is 17.2 Å². The van der Waals surface area contributed by atoms with Crippen LogP contribution in [0.4, 0.5) is 0 Å². The maximum absolute atomic E-state index is 13.9. The minimum atomic E-state index is -0.702. The third-order valence-corrected chi connectivity index (χ3v) is 7.98. The van der Waals surface area contributed by atoms with Crippen LogP contribution in [0.15, 0.2) is 87.8 Å². The lowest BCUT2D eigenvalue weighted by molar-refractivity contribution is -0.139. The van der Waals surface area contributed by atoms with Crippen molar-refractivity contribution in [3.63, 3.8) is 0 Å². The van der Waals surface area contributed by atoms with Crippen LogP contribution in [0.3, 0.4) is 0 Å². The Labute approximate surface area is 251 Å². The standard InChI is InChI=1S/C32H29ClN2O6S/c1-5-40-31(37)28-19(2)34-32-35(29(28)22-9-13-24(38-3)14-10-22)30(36)27(42-32)17-21-8-15-25(26(16-21)39-4)41-18-20-6-11-23(33)12-7-20/h6-17,29H,5,18H2,1-4H3/b27-17-/t29-/m1/s1. The van der Waals surface area contributed by atoms with Crippen LogP contribution in [-0.2, 0) is 16.1 Å². The van der Waals surface area contributed by atoms with E-state index in [4.69, 9.17) is 30.5 Å². The fourth-order valence-corrected chi connectivity index (χ4v) is 5.85. The van der Waals surface area contributed by atoms with E-state index in [1.54, 1.807) is 56.9 Å². The van der Waals surface area contributed by atoms with Crippen LogP contribution >= 0.6 is 22.9 Å². The Bertz CT molecular complexity index is 1820. The van der Waals surface area contributed by atoms with Crippen molar-refractivity contribution in [2.75, 3.05) is 20.8 Å². The van der Waals surface area contributed by atoms with E-state index in [0.29, 0.717) is 49.5 Å². The van der Waals surface area contributed by atoms with Crippen molar-refractivity contribution in [2.45, 2.75) is 26.5 Å². The first kappa shape index (κ1) is 29.2. The highest BCUT2D eigenvalue weighted by Crippen LogP contribution is 2.32. The Kier molecular flexibility index (Phi) is 8.80. The molecule has 0 saturated carbocycles. The number of esters is 1. The second kappa shape index (κ2) is 12.7. The highest BCUT2D eigenvalue weighted by Gasteiger charge is 2.33. The number of rotatable bonds is 9. The summed E-state index contributed by atoms with van der Waals surface area (Å²) in [5.41, 5.74) is 3.02. The van der Waals surface area contributed by atoms with E-state index in [1.165, 1.54) is 11.3 Å². The summed E-state index contributed by atoms with van der Waals surface area (Å²) in [7, 11) is 3.15. The molecule has 216 valence electrons. The van der Waals surface area contributed by atoms with Crippen molar-refractivity contribution in [2.24, 2.45) is 4.99 Å². The van der Waals surface area contributed by atoms with Gasteiger partial charge in [0.05, 0.1) is 42.7 Å². The second-order valence-corrected chi connectivity index (χ2v) is 10.8. The minimum Gasteiger partial charge on any atom is -0.497 e. The molecule has 0 fully saturated rings. The molecule has 0 saturated heterocycles. The zero-order valence-corrected chi connectivity index (χ0v) is 25.1. The Hall–Kier alpha value is -4.34. The maximum Gasteiger partial charge on any atom is 0.338 e. The van der Waals surface area contributed by atoms with Gasteiger partial charge in [-0.25, -0.2) is 9.79 Å². The molecule has 1 atom stereocenters. The number of aromatic nitrogens is 1. The van der Waals surface area contributed by atoms with Gasteiger partial charge in [0.2, 0.25) is 0 Å². The molecule has 8 nitrogen and oxygen atoms in total. The summed E-state index contributed by atoms with van der Waals surface area (Å²) in [6.07, 6.45) is 1.78. The monoisotopic (exact) mass is 604 g/mol. The lowest BCUT2D eigenvalue weighted by atomic mass is 9.96. The molecule has 1 aromatic heterocycles. The summed E-state index contributed by atoms with van der Waals surface area (Å²) in [5.74, 6) is 1.26. The number of thiazole rings is 1. The Morgan fingerprint density at radius 3 is 2.43 bits per heavy atom. The zero-order valence-electron chi connectivity index (χ0n) is 23.5. The van der Waals surface area contributed by atoms with E-state index in [0.717, 1.165) is 16.7 Å². The topological polar surface area (TPSA) is 88.4 Å². The average Bonchev–Trinajstić information content (AvgIpc) is 3.30. The molecule has 42 heavy (non-hydrogen) atoms. The molecule has 0 unspecified atom stereocenters. The number of nitrogens with zero attached hydrogens (tertiary/aromatic N) is 2. The first-order chi connectivity index (χ1) is 20.3. The predicted octanol–water partition coefficient (Wildman–Crippen LogP) is 5.05. The zero-order chi connectivity index (χ0) is 29.8. The van der Waals surface area contributed by atoms with Gasteiger partial charge in [-0.05, 0) is 73.0 Å². The fraction of sp³-hybridized carbons (Fsp3) is 0.219. The summed E-state index contributed by atoms with van der Waals surface area (Å²) in [6.45, 7) is 4.05. The molecule has 1 aliphatic rings. The van der Waals surface area contributed by atoms with E-state index < -0.39 is 12.0 Å². The summed E-state index contributed by atoms with van der Waals surface area (Å²) >= 11 is 7.23. The van der Waals surface area contributed by atoms with Gasteiger partial charge in [-0.2, -0.15) is 0 Å². The molecule has 0 bridgehead atoms. The Balaban J connectivity index is 1.53. The smallest absolute Gasteiger partial charge is 0.338 e. The largest absolute Gasteiger partial charge is 0.497 e. The molecule has 2 heterocycles. The number of ether oxygens (including phenoxy) is 4. The van der Waals surface area contributed by atoms with Gasteiger partial charge in [0, 0.05) is 5.02 Å². The number of benzene rings is 3. The van der Waals surface area contributed by atoms with E-state index in [1.807, 2.05) is 48.5 Å². The van der Waals surface area contributed by atoms with E-state index in [9.17, 15) is 9.59 Å². The Morgan fingerprint density at radius 1 is 1.02 bits per heavy atom. The normalized spacial score (nSPS) is 14.7. The molecule has 10 heteroatoms. The summed E-state index contributed by atoms with van der Waals surface area (Å²) in [5, 5.41) is 0.661. The fourth-order valence-electron chi connectivity index (χ4n) is 4.68. The molecule has 5 rings (SSSR count).